The van der Waals surface area contributed by atoms with Crippen LogP contribution in [0.25, 0.3) is 21.9 Å². The van der Waals surface area contributed by atoms with E-state index in [0.29, 0.717) is 35.8 Å². The number of rotatable bonds is 5. The molecule has 3 heterocycles. The molecule has 32 heavy (non-hydrogen) atoms. The monoisotopic (exact) mass is 431 g/mol. The summed E-state index contributed by atoms with van der Waals surface area (Å²) >= 11 is 0. The topological polar surface area (TPSA) is 94.9 Å². The fraction of sp³-hybridized carbons (Fsp3) is 0.333. The van der Waals surface area contributed by atoms with Gasteiger partial charge in [0.05, 0.1) is 16.6 Å². The molecular formula is C24H26FN7. The molecule has 1 saturated heterocycles. The minimum atomic E-state index is -0.287. The summed E-state index contributed by atoms with van der Waals surface area (Å²) in [6.45, 7) is 1.50. The van der Waals surface area contributed by atoms with Gasteiger partial charge in [-0.05, 0) is 36.5 Å². The van der Waals surface area contributed by atoms with Crippen LogP contribution in [0.3, 0.4) is 0 Å². The number of hydrogen-bond acceptors (Lipinski definition) is 6. The summed E-state index contributed by atoms with van der Waals surface area (Å²) in [6.07, 6.45) is 2.04. The molecule has 1 unspecified atom stereocenters. The molecular weight excluding hydrogens is 405 g/mol. The van der Waals surface area contributed by atoms with E-state index in [-0.39, 0.29) is 11.9 Å². The molecule has 6 rings (SSSR count). The second-order valence-electron chi connectivity index (χ2n) is 8.89. The molecule has 0 amide bonds. The van der Waals surface area contributed by atoms with Crippen LogP contribution >= 0.6 is 0 Å². The molecule has 2 fully saturated rings. The van der Waals surface area contributed by atoms with Crippen LogP contribution in [0.4, 0.5) is 21.8 Å². The molecule has 2 bridgehead atoms. The van der Waals surface area contributed by atoms with Crippen molar-refractivity contribution in [3.05, 3.63) is 53.8 Å². The van der Waals surface area contributed by atoms with Crippen molar-refractivity contribution in [1.82, 2.24) is 15.0 Å². The molecule has 3 atom stereocenters. The average molecular weight is 432 g/mol. The summed E-state index contributed by atoms with van der Waals surface area (Å²) in [7, 11) is 1.79. The Labute approximate surface area is 185 Å². The van der Waals surface area contributed by atoms with Crippen molar-refractivity contribution in [2.24, 2.45) is 11.7 Å². The number of piperidine rings is 1. The molecule has 5 N–H and O–H groups in total. The SMILES string of the molecule is CNc1cc(F)cc2c1[nH]c1nc(NCc3ccccc3)nc(N3C[C@H]4CC3C[C@H]4N)c12. The van der Waals surface area contributed by atoms with E-state index in [1.807, 2.05) is 18.2 Å². The van der Waals surface area contributed by atoms with E-state index in [1.165, 1.54) is 6.07 Å². The van der Waals surface area contributed by atoms with Crippen LogP contribution in [0.1, 0.15) is 18.4 Å². The van der Waals surface area contributed by atoms with Gasteiger partial charge in [0.15, 0.2) is 0 Å². The molecule has 0 spiro atoms. The number of aromatic amines is 1. The third-order valence-corrected chi connectivity index (χ3v) is 6.94. The fourth-order valence-electron chi connectivity index (χ4n) is 5.36. The molecule has 164 valence electrons. The van der Waals surface area contributed by atoms with Crippen LogP contribution in [-0.2, 0) is 6.54 Å². The van der Waals surface area contributed by atoms with Gasteiger partial charge >= 0.3 is 0 Å². The molecule has 2 aromatic heterocycles. The number of aromatic nitrogens is 3. The van der Waals surface area contributed by atoms with Crippen molar-refractivity contribution in [1.29, 1.82) is 0 Å². The Kier molecular flexibility index (Phi) is 4.43. The number of hydrogen-bond donors (Lipinski definition) is 4. The number of nitrogens with one attached hydrogen (secondary N) is 3. The van der Waals surface area contributed by atoms with Crippen LogP contribution < -0.4 is 21.3 Å². The summed E-state index contributed by atoms with van der Waals surface area (Å²) in [5.41, 5.74) is 9.70. The van der Waals surface area contributed by atoms with E-state index in [4.69, 9.17) is 15.7 Å². The normalized spacial score (nSPS) is 22.2. The maximum absolute atomic E-state index is 14.5. The van der Waals surface area contributed by atoms with Gasteiger partial charge in [-0.25, -0.2) is 4.39 Å². The van der Waals surface area contributed by atoms with E-state index in [2.05, 4.69) is 32.7 Å². The lowest BCUT2D eigenvalue weighted by Crippen LogP contribution is -2.41. The highest BCUT2D eigenvalue weighted by Crippen LogP contribution is 2.43. The van der Waals surface area contributed by atoms with E-state index >= 15 is 0 Å². The molecule has 1 aliphatic carbocycles. The Morgan fingerprint density at radius 2 is 2.03 bits per heavy atom. The smallest absolute Gasteiger partial charge is 0.226 e. The second kappa shape index (κ2) is 7.34. The van der Waals surface area contributed by atoms with Crippen LogP contribution in [0, 0.1) is 11.7 Å². The summed E-state index contributed by atoms with van der Waals surface area (Å²) in [6, 6.07) is 13.8. The van der Waals surface area contributed by atoms with Crippen LogP contribution in [0.15, 0.2) is 42.5 Å². The highest BCUT2D eigenvalue weighted by Gasteiger charge is 2.44. The van der Waals surface area contributed by atoms with E-state index in [0.717, 1.165) is 47.1 Å². The first-order valence-corrected chi connectivity index (χ1v) is 11.1. The molecule has 0 radical (unpaired) electrons. The number of H-pyrrole nitrogens is 1. The van der Waals surface area contributed by atoms with Crippen molar-refractivity contribution in [3.63, 3.8) is 0 Å². The van der Waals surface area contributed by atoms with E-state index in [9.17, 15) is 4.39 Å². The zero-order chi connectivity index (χ0) is 21.8. The van der Waals surface area contributed by atoms with Gasteiger partial charge in [-0.2, -0.15) is 9.97 Å². The lowest BCUT2D eigenvalue weighted by atomic mass is 10.0. The van der Waals surface area contributed by atoms with Gasteiger partial charge in [-0.1, -0.05) is 30.3 Å². The maximum Gasteiger partial charge on any atom is 0.226 e. The van der Waals surface area contributed by atoms with Crippen molar-refractivity contribution in [2.45, 2.75) is 31.5 Å². The Morgan fingerprint density at radius 3 is 2.75 bits per heavy atom. The van der Waals surface area contributed by atoms with Crippen LogP contribution in [0.2, 0.25) is 0 Å². The summed E-state index contributed by atoms with van der Waals surface area (Å²) in [4.78, 5) is 15.5. The first-order valence-electron chi connectivity index (χ1n) is 11.1. The van der Waals surface area contributed by atoms with Gasteiger partial charge in [-0.15, -0.1) is 0 Å². The summed E-state index contributed by atoms with van der Waals surface area (Å²) in [5, 5.41) is 8.12. The first-order chi connectivity index (χ1) is 15.6. The average Bonchev–Trinajstić information content (AvgIpc) is 3.49. The molecule has 2 aliphatic rings. The Hall–Kier alpha value is -3.39. The maximum atomic E-state index is 14.5. The van der Waals surface area contributed by atoms with Crippen molar-refractivity contribution >= 4 is 39.4 Å². The number of anilines is 3. The lowest BCUT2D eigenvalue weighted by Gasteiger charge is -2.31. The van der Waals surface area contributed by atoms with Crippen LogP contribution in [-0.4, -0.2) is 40.6 Å². The third-order valence-electron chi connectivity index (χ3n) is 6.94. The van der Waals surface area contributed by atoms with E-state index < -0.39 is 0 Å². The highest BCUT2D eigenvalue weighted by atomic mass is 19.1. The van der Waals surface area contributed by atoms with Gasteiger partial charge in [0.2, 0.25) is 5.95 Å². The third kappa shape index (κ3) is 3.05. The summed E-state index contributed by atoms with van der Waals surface area (Å²) in [5.74, 6) is 1.59. The van der Waals surface area contributed by atoms with Gasteiger partial charge < -0.3 is 26.3 Å². The largest absolute Gasteiger partial charge is 0.386 e. The Morgan fingerprint density at radius 1 is 1.19 bits per heavy atom. The van der Waals surface area contributed by atoms with Crippen molar-refractivity contribution in [2.75, 3.05) is 29.1 Å². The van der Waals surface area contributed by atoms with Crippen LogP contribution in [0.5, 0.6) is 0 Å². The number of fused-ring (bicyclic) bond motifs is 5. The highest BCUT2D eigenvalue weighted by molar-refractivity contribution is 6.14. The minimum absolute atomic E-state index is 0.251. The zero-order valence-electron chi connectivity index (χ0n) is 17.9. The predicted octanol–water partition coefficient (Wildman–Crippen LogP) is 3.83. The van der Waals surface area contributed by atoms with Gasteiger partial charge in [0.25, 0.3) is 0 Å². The van der Waals surface area contributed by atoms with Crippen molar-refractivity contribution < 1.29 is 4.39 Å². The molecule has 7 nitrogen and oxygen atoms in total. The number of halogens is 1. The van der Waals surface area contributed by atoms with Gasteiger partial charge in [0, 0.05) is 37.6 Å². The second-order valence-corrected chi connectivity index (χ2v) is 8.89. The zero-order valence-corrected chi connectivity index (χ0v) is 17.9. The Balaban J connectivity index is 1.50. The van der Waals surface area contributed by atoms with E-state index in [1.54, 1.807) is 13.1 Å². The van der Waals surface area contributed by atoms with Gasteiger partial charge in [0.1, 0.15) is 17.3 Å². The number of nitrogens with two attached hydrogens (primary N) is 1. The number of benzene rings is 2. The predicted molar refractivity (Wildman–Crippen MR) is 127 cm³/mol. The standard InChI is InChI=1S/C24H26FN7/c1-27-19-9-15(25)8-17-20-22(29-21(17)19)30-24(28-11-13-5-3-2-4-6-13)31-23(20)32-12-14-7-16(32)10-18(14)26/h2-6,8-9,14,16,18,27H,7,10-12,26H2,1H3,(H2,28,29,30,31)/t14-,16?,18-/m1/s1. The lowest BCUT2D eigenvalue weighted by molar-refractivity contribution is 0.471. The molecule has 1 aliphatic heterocycles. The van der Waals surface area contributed by atoms with Gasteiger partial charge in [-0.3, -0.25) is 0 Å². The first kappa shape index (κ1) is 19.3. The molecule has 1 saturated carbocycles. The molecule has 8 heteroatoms. The molecule has 2 aromatic carbocycles. The summed E-state index contributed by atoms with van der Waals surface area (Å²) < 4.78 is 14.5. The number of nitrogens with zero attached hydrogens (tertiary/aromatic N) is 3. The Bertz CT molecular complexity index is 1300. The van der Waals surface area contributed by atoms with Crippen molar-refractivity contribution in [3.8, 4) is 0 Å². The quantitative estimate of drug-likeness (QED) is 0.384. The molecule has 4 aromatic rings. The fourth-order valence-corrected chi connectivity index (χ4v) is 5.36. The minimum Gasteiger partial charge on any atom is -0.386 e.